The van der Waals surface area contributed by atoms with Crippen LogP contribution in [0.3, 0.4) is 0 Å². The lowest BCUT2D eigenvalue weighted by molar-refractivity contribution is 0.0531. The largest absolute Gasteiger partial charge is 0.335 e. The van der Waals surface area contributed by atoms with Crippen molar-refractivity contribution in [3.8, 4) is 5.69 Å². The van der Waals surface area contributed by atoms with Crippen LogP contribution < -0.4 is 0 Å². The van der Waals surface area contributed by atoms with Gasteiger partial charge in [-0.05, 0) is 50.2 Å². The van der Waals surface area contributed by atoms with Gasteiger partial charge in [-0.25, -0.2) is 9.07 Å². The van der Waals surface area contributed by atoms with Crippen LogP contribution in [0, 0.1) is 19.7 Å². The van der Waals surface area contributed by atoms with E-state index in [1.807, 2.05) is 38.1 Å². The van der Waals surface area contributed by atoms with E-state index in [1.54, 1.807) is 14.5 Å². The molecule has 0 unspecified atom stereocenters. The van der Waals surface area contributed by atoms with Crippen molar-refractivity contribution in [1.82, 2.24) is 24.8 Å². The van der Waals surface area contributed by atoms with E-state index in [0.29, 0.717) is 43.1 Å². The molecule has 3 aromatic rings. The topological polar surface area (TPSA) is 71.3 Å². The van der Waals surface area contributed by atoms with Crippen molar-refractivity contribution in [2.75, 3.05) is 26.2 Å². The standard InChI is InChI=1S/C22H22FN5O2/c1-15-3-9-19(10-4-15)28-16(2)20(24-25-28)22(30)27-13-11-26(12-14-27)21(29)17-5-7-18(23)8-6-17/h3-10H,11-14H2,1-2H3. The Morgan fingerprint density at radius 2 is 1.40 bits per heavy atom. The number of amides is 2. The van der Waals surface area contributed by atoms with Gasteiger partial charge in [-0.15, -0.1) is 5.10 Å². The Labute approximate surface area is 173 Å². The first kappa shape index (κ1) is 19.8. The first-order valence-electron chi connectivity index (χ1n) is 9.77. The molecule has 0 radical (unpaired) electrons. The Hall–Kier alpha value is -3.55. The summed E-state index contributed by atoms with van der Waals surface area (Å²) < 4.78 is 14.7. The normalized spacial score (nSPS) is 14.1. The number of benzene rings is 2. The second kappa shape index (κ2) is 8.06. The Morgan fingerprint density at radius 3 is 2.00 bits per heavy atom. The maximum absolute atomic E-state index is 13.1. The van der Waals surface area contributed by atoms with E-state index in [2.05, 4.69) is 10.3 Å². The predicted molar refractivity (Wildman–Crippen MR) is 109 cm³/mol. The lowest BCUT2D eigenvalue weighted by Crippen LogP contribution is -2.50. The third-order valence-electron chi connectivity index (χ3n) is 5.32. The van der Waals surface area contributed by atoms with Gasteiger partial charge < -0.3 is 9.80 Å². The first-order chi connectivity index (χ1) is 14.4. The molecule has 1 aliphatic heterocycles. The highest BCUT2D eigenvalue weighted by Gasteiger charge is 2.28. The number of aryl methyl sites for hydroxylation is 1. The minimum atomic E-state index is -0.379. The summed E-state index contributed by atoms with van der Waals surface area (Å²) in [6.45, 7) is 5.46. The fourth-order valence-corrected chi connectivity index (χ4v) is 3.50. The molecule has 154 valence electrons. The summed E-state index contributed by atoms with van der Waals surface area (Å²) in [6, 6.07) is 13.3. The molecular weight excluding hydrogens is 385 g/mol. The number of carbonyl (C=O) groups is 2. The molecule has 0 atom stereocenters. The molecule has 0 bridgehead atoms. The summed E-state index contributed by atoms with van der Waals surface area (Å²) in [5, 5.41) is 8.25. The summed E-state index contributed by atoms with van der Waals surface area (Å²) in [5.41, 5.74) is 3.41. The molecule has 1 saturated heterocycles. The van der Waals surface area contributed by atoms with Crippen LogP contribution >= 0.6 is 0 Å². The fourth-order valence-electron chi connectivity index (χ4n) is 3.50. The van der Waals surface area contributed by atoms with Gasteiger partial charge in [0.2, 0.25) is 0 Å². The van der Waals surface area contributed by atoms with E-state index in [0.717, 1.165) is 11.3 Å². The van der Waals surface area contributed by atoms with E-state index >= 15 is 0 Å². The fraction of sp³-hybridized carbons (Fsp3) is 0.273. The summed E-state index contributed by atoms with van der Waals surface area (Å²) >= 11 is 0. The SMILES string of the molecule is Cc1ccc(-n2nnc(C(=O)N3CCN(C(=O)c4ccc(F)cc4)CC3)c2C)cc1. The lowest BCUT2D eigenvalue weighted by atomic mass is 10.1. The van der Waals surface area contributed by atoms with E-state index in [4.69, 9.17) is 0 Å². The Bertz CT molecular complexity index is 1070. The number of hydrogen-bond acceptors (Lipinski definition) is 4. The van der Waals surface area contributed by atoms with Crippen LogP contribution in [0.1, 0.15) is 32.1 Å². The van der Waals surface area contributed by atoms with Crippen LogP contribution in [-0.2, 0) is 0 Å². The molecule has 2 aromatic carbocycles. The quantitative estimate of drug-likeness (QED) is 0.669. The molecule has 0 saturated carbocycles. The minimum Gasteiger partial charge on any atom is -0.335 e. The average molecular weight is 407 g/mol. The van der Waals surface area contributed by atoms with E-state index in [9.17, 15) is 14.0 Å². The smallest absolute Gasteiger partial charge is 0.276 e. The van der Waals surface area contributed by atoms with Gasteiger partial charge in [-0.3, -0.25) is 9.59 Å². The number of nitrogens with zero attached hydrogens (tertiary/aromatic N) is 5. The van der Waals surface area contributed by atoms with Gasteiger partial charge >= 0.3 is 0 Å². The van der Waals surface area contributed by atoms with Crippen LogP contribution in [0.15, 0.2) is 48.5 Å². The van der Waals surface area contributed by atoms with Crippen molar-refractivity contribution >= 4 is 11.8 Å². The lowest BCUT2D eigenvalue weighted by Gasteiger charge is -2.34. The van der Waals surface area contributed by atoms with E-state index in [1.165, 1.54) is 24.3 Å². The number of carbonyl (C=O) groups excluding carboxylic acids is 2. The average Bonchev–Trinajstić information content (AvgIpc) is 3.15. The van der Waals surface area contributed by atoms with Crippen LogP contribution in [0.4, 0.5) is 4.39 Å². The van der Waals surface area contributed by atoms with Crippen LogP contribution in [0.2, 0.25) is 0 Å². The van der Waals surface area contributed by atoms with Crippen molar-refractivity contribution in [2.45, 2.75) is 13.8 Å². The maximum atomic E-state index is 13.1. The number of hydrogen-bond donors (Lipinski definition) is 0. The van der Waals surface area contributed by atoms with Gasteiger partial charge in [0.25, 0.3) is 11.8 Å². The second-order valence-corrected chi connectivity index (χ2v) is 7.36. The minimum absolute atomic E-state index is 0.163. The molecule has 1 fully saturated rings. The van der Waals surface area contributed by atoms with E-state index < -0.39 is 0 Å². The first-order valence-corrected chi connectivity index (χ1v) is 9.77. The molecule has 1 aromatic heterocycles. The van der Waals surface area contributed by atoms with Gasteiger partial charge in [-0.2, -0.15) is 0 Å². The zero-order valence-corrected chi connectivity index (χ0v) is 16.9. The predicted octanol–water partition coefficient (Wildman–Crippen LogP) is 2.62. The third kappa shape index (κ3) is 3.80. The molecule has 30 heavy (non-hydrogen) atoms. The molecule has 8 heteroatoms. The van der Waals surface area contributed by atoms with Gasteiger partial charge in [-0.1, -0.05) is 22.9 Å². The summed E-state index contributed by atoms with van der Waals surface area (Å²) in [7, 11) is 0. The summed E-state index contributed by atoms with van der Waals surface area (Å²) in [4.78, 5) is 28.9. The monoisotopic (exact) mass is 407 g/mol. The highest BCUT2D eigenvalue weighted by Crippen LogP contribution is 2.16. The van der Waals surface area contributed by atoms with Gasteiger partial charge in [0.1, 0.15) is 5.82 Å². The third-order valence-corrected chi connectivity index (χ3v) is 5.32. The highest BCUT2D eigenvalue weighted by molar-refractivity contribution is 5.95. The molecule has 2 amide bonds. The van der Waals surface area contributed by atoms with Crippen molar-refractivity contribution in [1.29, 1.82) is 0 Å². The molecule has 0 aliphatic carbocycles. The van der Waals surface area contributed by atoms with Crippen molar-refractivity contribution in [2.24, 2.45) is 0 Å². The zero-order chi connectivity index (χ0) is 21.3. The van der Waals surface area contributed by atoms with Crippen LogP contribution in [0.5, 0.6) is 0 Å². The number of aromatic nitrogens is 3. The Morgan fingerprint density at radius 1 is 0.833 bits per heavy atom. The van der Waals surface area contributed by atoms with E-state index in [-0.39, 0.29) is 17.6 Å². The number of rotatable bonds is 3. The van der Waals surface area contributed by atoms with Crippen molar-refractivity contribution < 1.29 is 14.0 Å². The molecule has 0 spiro atoms. The number of piperazine rings is 1. The molecule has 1 aliphatic rings. The Balaban J connectivity index is 1.43. The van der Waals surface area contributed by atoms with Crippen LogP contribution in [0.25, 0.3) is 5.69 Å². The van der Waals surface area contributed by atoms with Gasteiger partial charge in [0, 0.05) is 31.7 Å². The molecule has 0 N–H and O–H groups in total. The van der Waals surface area contributed by atoms with Crippen molar-refractivity contribution in [3.63, 3.8) is 0 Å². The number of halogens is 1. The summed E-state index contributed by atoms with van der Waals surface area (Å²) in [6.07, 6.45) is 0. The molecule has 4 rings (SSSR count). The van der Waals surface area contributed by atoms with Gasteiger partial charge in [0.15, 0.2) is 5.69 Å². The highest BCUT2D eigenvalue weighted by atomic mass is 19.1. The molecule has 7 nitrogen and oxygen atoms in total. The van der Waals surface area contributed by atoms with Crippen molar-refractivity contribution in [3.05, 3.63) is 76.9 Å². The van der Waals surface area contributed by atoms with Gasteiger partial charge in [0.05, 0.1) is 11.4 Å². The van der Waals surface area contributed by atoms with Crippen LogP contribution in [-0.4, -0.2) is 62.8 Å². The Kier molecular flexibility index (Phi) is 5.31. The summed E-state index contributed by atoms with van der Waals surface area (Å²) in [5.74, 6) is -0.737. The zero-order valence-electron chi connectivity index (χ0n) is 16.9. The molecular formula is C22H22FN5O2. The molecule has 2 heterocycles. The maximum Gasteiger partial charge on any atom is 0.276 e. The second-order valence-electron chi connectivity index (χ2n) is 7.36.